The fraction of sp³-hybridized carbons (Fsp3) is 0.200. The van der Waals surface area contributed by atoms with Gasteiger partial charge in [-0.3, -0.25) is 0 Å². The van der Waals surface area contributed by atoms with Gasteiger partial charge in [-0.15, -0.1) is 0 Å². The highest BCUT2D eigenvalue weighted by atomic mass is 16.4. The van der Waals surface area contributed by atoms with Gasteiger partial charge in [-0.2, -0.15) is 0 Å². The Kier molecular flexibility index (Phi) is 4.21. The number of nitrogens with one attached hydrogen (secondary N) is 2. The molecule has 3 aromatic rings. The second-order valence-corrected chi connectivity index (χ2v) is 6.42. The molecule has 1 aromatic heterocycles. The van der Waals surface area contributed by atoms with Gasteiger partial charge in [0.2, 0.25) is 0 Å². The van der Waals surface area contributed by atoms with E-state index in [-0.39, 0.29) is 11.1 Å². The summed E-state index contributed by atoms with van der Waals surface area (Å²) in [5, 5.41) is 17.6. The Morgan fingerprint density at radius 2 is 1.96 bits per heavy atom. The Morgan fingerprint density at radius 3 is 2.62 bits per heavy atom. The van der Waals surface area contributed by atoms with Crippen molar-refractivity contribution in [3.05, 3.63) is 71.4 Å². The summed E-state index contributed by atoms with van der Waals surface area (Å²) < 4.78 is 0. The van der Waals surface area contributed by atoms with E-state index in [4.69, 9.17) is 10.5 Å². The van der Waals surface area contributed by atoms with Crippen LogP contribution in [0.15, 0.2) is 54.6 Å². The van der Waals surface area contributed by atoms with Crippen molar-refractivity contribution in [1.29, 1.82) is 5.41 Å². The summed E-state index contributed by atoms with van der Waals surface area (Å²) in [6.45, 7) is 2.15. The van der Waals surface area contributed by atoms with Gasteiger partial charge in [0.25, 0.3) is 0 Å². The van der Waals surface area contributed by atoms with E-state index in [0.717, 1.165) is 22.9 Å². The summed E-state index contributed by atoms with van der Waals surface area (Å²) >= 11 is 0. The minimum Gasteiger partial charge on any atom is -0.477 e. The molecule has 0 bridgehead atoms. The highest BCUT2D eigenvalue weighted by molar-refractivity contribution is 5.94. The summed E-state index contributed by atoms with van der Waals surface area (Å²) in [5.74, 6) is -0.959. The number of fused-ring (bicyclic) bond motifs is 1. The number of hydrogen-bond donors (Lipinski definition) is 3. The van der Waals surface area contributed by atoms with Gasteiger partial charge in [0.15, 0.2) is 0 Å². The third-order valence-corrected chi connectivity index (χ3v) is 4.54. The van der Waals surface area contributed by atoms with Crippen LogP contribution in [0.3, 0.4) is 0 Å². The van der Waals surface area contributed by atoms with Crippen LogP contribution in [-0.4, -0.2) is 22.3 Å². The predicted molar refractivity (Wildman–Crippen MR) is 96.2 cm³/mol. The lowest BCUT2D eigenvalue weighted by Gasteiger charge is -2.29. The molecule has 0 saturated carbocycles. The molecule has 2 aromatic carbocycles. The number of carboxylic acid groups (broad SMARTS) is 1. The van der Waals surface area contributed by atoms with Gasteiger partial charge in [0.05, 0.1) is 0 Å². The van der Waals surface area contributed by atoms with Gasteiger partial charge < -0.3 is 15.5 Å². The molecule has 0 aliphatic rings. The molecule has 0 fully saturated rings. The Balaban J connectivity index is 2.02. The zero-order chi connectivity index (χ0) is 17.2. The maximum absolute atomic E-state index is 11.1. The number of benzene rings is 2. The van der Waals surface area contributed by atoms with E-state index >= 15 is 0 Å². The first-order valence-electron chi connectivity index (χ1n) is 7.91. The van der Waals surface area contributed by atoms with Crippen molar-refractivity contribution in [2.45, 2.75) is 25.2 Å². The van der Waals surface area contributed by atoms with E-state index in [1.165, 1.54) is 11.8 Å². The number of carboxylic acids is 1. The first kappa shape index (κ1) is 16.0. The van der Waals surface area contributed by atoms with Crippen molar-refractivity contribution < 1.29 is 9.90 Å². The molecule has 1 atom stereocenters. The molecule has 0 amide bonds. The fourth-order valence-electron chi connectivity index (χ4n) is 3.19. The molecular formula is C20H20N2O2. The largest absolute Gasteiger partial charge is 0.477 e. The second-order valence-electron chi connectivity index (χ2n) is 6.42. The SMILES string of the molecule is CC(CC=N)(Cc1ccccc1)c1ccc2[nH]c(C(=O)O)cc2c1. The average Bonchev–Trinajstić information content (AvgIpc) is 2.99. The lowest BCUT2D eigenvalue weighted by atomic mass is 9.75. The van der Waals surface area contributed by atoms with Gasteiger partial charge in [-0.25, -0.2) is 4.79 Å². The molecule has 4 nitrogen and oxygen atoms in total. The van der Waals surface area contributed by atoms with E-state index in [9.17, 15) is 4.79 Å². The van der Waals surface area contributed by atoms with Crippen LogP contribution in [0.2, 0.25) is 0 Å². The number of rotatable bonds is 6. The van der Waals surface area contributed by atoms with Crippen molar-refractivity contribution in [2.75, 3.05) is 0 Å². The topological polar surface area (TPSA) is 76.9 Å². The van der Waals surface area contributed by atoms with Crippen LogP contribution in [0, 0.1) is 5.41 Å². The van der Waals surface area contributed by atoms with Crippen LogP contribution >= 0.6 is 0 Å². The zero-order valence-corrected chi connectivity index (χ0v) is 13.5. The fourth-order valence-corrected chi connectivity index (χ4v) is 3.19. The quantitative estimate of drug-likeness (QED) is 0.588. The molecular weight excluding hydrogens is 300 g/mol. The smallest absolute Gasteiger partial charge is 0.352 e. The Bertz CT molecular complexity index is 883. The molecule has 1 heterocycles. The van der Waals surface area contributed by atoms with Gasteiger partial charge in [-0.1, -0.05) is 43.3 Å². The van der Waals surface area contributed by atoms with Crippen LogP contribution in [-0.2, 0) is 11.8 Å². The summed E-state index contributed by atoms with van der Waals surface area (Å²) in [6, 6.07) is 17.9. The summed E-state index contributed by atoms with van der Waals surface area (Å²) in [7, 11) is 0. The number of carbonyl (C=O) groups is 1. The van der Waals surface area contributed by atoms with E-state index in [1.54, 1.807) is 6.07 Å². The van der Waals surface area contributed by atoms with Crippen molar-refractivity contribution in [2.24, 2.45) is 0 Å². The third kappa shape index (κ3) is 3.08. The van der Waals surface area contributed by atoms with Crippen LogP contribution in [0.4, 0.5) is 0 Å². The highest BCUT2D eigenvalue weighted by Crippen LogP contribution is 2.33. The van der Waals surface area contributed by atoms with Crippen LogP contribution in [0.5, 0.6) is 0 Å². The first-order chi connectivity index (χ1) is 11.5. The molecule has 122 valence electrons. The highest BCUT2D eigenvalue weighted by Gasteiger charge is 2.26. The predicted octanol–water partition coefficient (Wildman–Crippen LogP) is 4.41. The minimum atomic E-state index is -0.959. The number of aromatic amines is 1. The summed E-state index contributed by atoms with van der Waals surface area (Å²) in [6.07, 6.45) is 2.90. The third-order valence-electron chi connectivity index (χ3n) is 4.54. The maximum atomic E-state index is 11.1. The van der Waals surface area contributed by atoms with E-state index in [1.807, 2.05) is 36.4 Å². The lowest BCUT2D eigenvalue weighted by Crippen LogP contribution is -2.25. The van der Waals surface area contributed by atoms with Crippen molar-refractivity contribution in [1.82, 2.24) is 4.98 Å². The minimum absolute atomic E-state index is 0.193. The van der Waals surface area contributed by atoms with Gasteiger partial charge in [0.1, 0.15) is 5.69 Å². The maximum Gasteiger partial charge on any atom is 0.352 e. The number of aromatic carboxylic acids is 1. The van der Waals surface area contributed by atoms with Gasteiger partial charge >= 0.3 is 5.97 Å². The average molecular weight is 320 g/mol. The normalized spacial score (nSPS) is 13.5. The molecule has 0 saturated heterocycles. The Morgan fingerprint density at radius 1 is 1.21 bits per heavy atom. The summed E-state index contributed by atoms with van der Waals surface area (Å²) in [5.41, 5.74) is 3.13. The number of H-pyrrole nitrogens is 1. The Hall–Kier alpha value is -2.88. The molecule has 1 unspecified atom stereocenters. The molecule has 0 radical (unpaired) electrons. The molecule has 0 aliphatic heterocycles. The standard InChI is InChI=1S/C20H20N2O2/c1-20(9-10-21,13-14-5-3-2-4-6-14)16-7-8-17-15(11-16)12-18(22-17)19(23)24/h2-8,10-12,21-22H,9,13H2,1H3,(H,23,24). The number of hydrogen-bond acceptors (Lipinski definition) is 2. The zero-order valence-electron chi connectivity index (χ0n) is 13.5. The Labute approximate surface area is 140 Å². The van der Waals surface area contributed by atoms with Gasteiger partial charge in [-0.05, 0) is 48.4 Å². The molecule has 3 N–H and O–H groups in total. The lowest BCUT2D eigenvalue weighted by molar-refractivity contribution is 0.0691. The van der Waals surface area contributed by atoms with Crippen LogP contribution in [0.25, 0.3) is 10.9 Å². The van der Waals surface area contributed by atoms with Crippen LogP contribution in [0.1, 0.15) is 35.0 Å². The molecule has 0 spiro atoms. The molecule has 4 heteroatoms. The summed E-state index contributed by atoms with van der Waals surface area (Å²) in [4.78, 5) is 14.0. The van der Waals surface area contributed by atoms with E-state index in [2.05, 4.69) is 24.0 Å². The van der Waals surface area contributed by atoms with Crippen molar-refractivity contribution in [3.8, 4) is 0 Å². The van der Waals surface area contributed by atoms with Crippen molar-refractivity contribution in [3.63, 3.8) is 0 Å². The molecule has 3 rings (SSSR count). The second kappa shape index (κ2) is 6.32. The monoisotopic (exact) mass is 320 g/mol. The van der Waals surface area contributed by atoms with Gasteiger partial charge in [0, 0.05) is 16.3 Å². The first-order valence-corrected chi connectivity index (χ1v) is 7.91. The molecule has 0 aliphatic carbocycles. The van der Waals surface area contributed by atoms with E-state index < -0.39 is 5.97 Å². The van der Waals surface area contributed by atoms with Crippen molar-refractivity contribution >= 4 is 23.1 Å². The molecule has 24 heavy (non-hydrogen) atoms. The van der Waals surface area contributed by atoms with Crippen LogP contribution < -0.4 is 0 Å². The van der Waals surface area contributed by atoms with E-state index in [0.29, 0.717) is 6.42 Å². The number of aromatic nitrogens is 1.